The number of rotatable bonds is 5. The van der Waals surface area contributed by atoms with E-state index in [4.69, 9.17) is 0 Å². The lowest BCUT2D eigenvalue weighted by molar-refractivity contribution is 0.0708. The van der Waals surface area contributed by atoms with Gasteiger partial charge in [-0.15, -0.1) is 0 Å². The smallest absolute Gasteiger partial charge is 0.254 e. The van der Waals surface area contributed by atoms with Crippen LogP contribution in [-0.2, 0) is 6.54 Å². The molecule has 0 unspecified atom stereocenters. The highest BCUT2D eigenvalue weighted by atomic mass is 16.3. The maximum Gasteiger partial charge on any atom is 0.254 e. The summed E-state index contributed by atoms with van der Waals surface area (Å²) in [6, 6.07) is 14.9. The summed E-state index contributed by atoms with van der Waals surface area (Å²) < 4.78 is 0. The van der Waals surface area contributed by atoms with Crippen molar-refractivity contribution < 1.29 is 9.90 Å². The minimum atomic E-state index is -0.136. The van der Waals surface area contributed by atoms with E-state index in [1.807, 2.05) is 30.3 Å². The zero-order valence-electron chi connectivity index (χ0n) is 11.9. The van der Waals surface area contributed by atoms with E-state index in [0.717, 1.165) is 5.56 Å². The molecule has 112 valence electrons. The van der Waals surface area contributed by atoms with E-state index in [1.54, 1.807) is 23.1 Å². The molecule has 0 fully saturated rings. The SMILES string of the molecule is O=C(c1ccc2n[nH]nc2c1)N(CCO)Cc1ccccc1. The molecular weight excluding hydrogens is 280 g/mol. The summed E-state index contributed by atoms with van der Waals surface area (Å²) in [5.74, 6) is -0.136. The normalized spacial score (nSPS) is 10.8. The lowest BCUT2D eigenvalue weighted by Crippen LogP contribution is -2.33. The van der Waals surface area contributed by atoms with Gasteiger partial charge in [0.25, 0.3) is 5.91 Å². The fraction of sp³-hybridized carbons (Fsp3) is 0.188. The highest BCUT2D eigenvalue weighted by Gasteiger charge is 2.16. The molecule has 0 aliphatic rings. The van der Waals surface area contributed by atoms with Crippen LogP contribution in [0.1, 0.15) is 15.9 Å². The van der Waals surface area contributed by atoms with Crippen LogP contribution in [0.2, 0.25) is 0 Å². The first-order valence-electron chi connectivity index (χ1n) is 7.02. The van der Waals surface area contributed by atoms with Crippen LogP contribution in [0.5, 0.6) is 0 Å². The van der Waals surface area contributed by atoms with Crippen molar-refractivity contribution in [1.29, 1.82) is 0 Å². The molecule has 1 aromatic heterocycles. The number of H-pyrrole nitrogens is 1. The van der Waals surface area contributed by atoms with Gasteiger partial charge >= 0.3 is 0 Å². The number of amides is 1. The van der Waals surface area contributed by atoms with Crippen molar-refractivity contribution in [3.8, 4) is 0 Å². The minimum Gasteiger partial charge on any atom is -0.395 e. The average Bonchev–Trinajstić information content (AvgIpc) is 3.02. The monoisotopic (exact) mass is 296 g/mol. The van der Waals surface area contributed by atoms with E-state index in [-0.39, 0.29) is 19.1 Å². The molecule has 0 atom stereocenters. The van der Waals surface area contributed by atoms with Gasteiger partial charge in [0.15, 0.2) is 0 Å². The highest BCUT2D eigenvalue weighted by Crippen LogP contribution is 2.14. The van der Waals surface area contributed by atoms with Gasteiger partial charge in [-0.1, -0.05) is 30.3 Å². The van der Waals surface area contributed by atoms with Gasteiger partial charge in [-0.05, 0) is 23.8 Å². The van der Waals surface area contributed by atoms with Gasteiger partial charge in [0.05, 0.1) is 6.61 Å². The molecule has 1 amide bonds. The van der Waals surface area contributed by atoms with Gasteiger partial charge in [-0.25, -0.2) is 0 Å². The summed E-state index contributed by atoms with van der Waals surface area (Å²) in [4.78, 5) is 14.3. The second kappa shape index (κ2) is 6.36. The first-order valence-corrected chi connectivity index (χ1v) is 7.02. The number of aromatic amines is 1. The van der Waals surface area contributed by atoms with Crippen LogP contribution in [0.3, 0.4) is 0 Å². The number of carbonyl (C=O) groups excluding carboxylic acids is 1. The Kier molecular flexibility index (Phi) is 4.11. The highest BCUT2D eigenvalue weighted by molar-refractivity contribution is 5.97. The third-order valence-electron chi connectivity index (χ3n) is 3.44. The van der Waals surface area contributed by atoms with E-state index >= 15 is 0 Å². The number of carbonyl (C=O) groups is 1. The zero-order valence-corrected chi connectivity index (χ0v) is 11.9. The molecule has 2 N–H and O–H groups in total. The molecule has 22 heavy (non-hydrogen) atoms. The van der Waals surface area contributed by atoms with Gasteiger partial charge in [-0.2, -0.15) is 15.4 Å². The van der Waals surface area contributed by atoms with E-state index in [1.165, 1.54) is 0 Å². The Labute approximate surface area is 127 Å². The van der Waals surface area contributed by atoms with Gasteiger partial charge in [-0.3, -0.25) is 4.79 Å². The lowest BCUT2D eigenvalue weighted by Gasteiger charge is -2.22. The van der Waals surface area contributed by atoms with Gasteiger partial charge in [0.2, 0.25) is 0 Å². The zero-order chi connectivity index (χ0) is 15.4. The van der Waals surface area contributed by atoms with Crippen LogP contribution < -0.4 is 0 Å². The number of aliphatic hydroxyl groups excluding tert-OH is 1. The predicted octanol–water partition coefficient (Wildman–Crippen LogP) is 1.59. The fourth-order valence-corrected chi connectivity index (χ4v) is 2.33. The van der Waals surface area contributed by atoms with E-state index in [9.17, 15) is 9.90 Å². The molecule has 0 saturated heterocycles. The van der Waals surface area contributed by atoms with Crippen LogP contribution in [0, 0.1) is 0 Å². The summed E-state index contributed by atoms with van der Waals surface area (Å²) >= 11 is 0. The Morgan fingerprint density at radius 1 is 1.09 bits per heavy atom. The molecule has 0 bridgehead atoms. The number of hydrogen-bond donors (Lipinski definition) is 2. The van der Waals surface area contributed by atoms with Crippen molar-refractivity contribution >= 4 is 16.9 Å². The van der Waals surface area contributed by atoms with E-state index in [2.05, 4.69) is 15.4 Å². The number of nitrogens with zero attached hydrogens (tertiary/aromatic N) is 3. The summed E-state index contributed by atoms with van der Waals surface area (Å²) in [6.07, 6.45) is 0. The Hall–Kier alpha value is -2.73. The molecule has 3 aromatic rings. The standard InChI is InChI=1S/C16H16N4O2/c21-9-8-20(11-12-4-2-1-3-5-12)16(22)13-6-7-14-15(10-13)18-19-17-14/h1-7,10,21H,8-9,11H2,(H,17,18,19). The Morgan fingerprint density at radius 3 is 2.64 bits per heavy atom. The van der Waals surface area contributed by atoms with Crippen LogP contribution in [0.4, 0.5) is 0 Å². The minimum absolute atomic E-state index is 0.0786. The summed E-state index contributed by atoms with van der Waals surface area (Å²) in [5.41, 5.74) is 2.92. The van der Waals surface area contributed by atoms with Gasteiger partial charge in [0.1, 0.15) is 11.0 Å². The molecule has 0 radical (unpaired) electrons. The molecule has 0 spiro atoms. The van der Waals surface area contributed by atoms with Crippen LogP contribution >= 0.6 is 0 Å². The molecule has 0 saturated carbocycles. The molecule has 0 aliphatic heterocycles. The summed E-state index contributed by atoms with van der Waals surface area (Å²) in [7, 11) is 0. The molecule has 1 heterocycles. The number of aromatic nitrogens is 3. The van der Waals surface area contributed by atoms with Crippen LogP contribution in [0.25, 0.3) is 11.0 Å². The van der Waals surface area contributed by atoms with E-state index < -0.39 is 0 Å². The third kappa shape index (κ3) is 2.96. The van der Waals surface area contributed by atoms with Crippen molar-refractivity contribution in [2.75, 3.05) is 13.2 Å². The van der Waals surface area contributed by atoms with Gasteiger partial charge in [0, 0.05) is 18.7 Å². The Morgan fingerprint density at radius 2 is 1.86 bits per heavy atom. The first kappa shape index (κ1) is 14.2. The number of fused-ring (bicyclic) bond motifs is 1. The maximum absolute atomic E-state index is 12.7. The Bertz CT molecular complexity index is 770. The molecule has 0 aliphatic carbocycles. The van der Waals surface area contributed by atoms with Crippen molar-refractivity contribution in [3.05, 3.63) is 59.7 Å². The Balaban J connectivity index is 1.85. The predicted molar refractivity (Wildman–Crippen MR) is 82.2 cm³/mol. The molecule has 6 nitrogen and oxygen atoms in total. The largest absolute Gasteiger partial charge is 0.395 e. The number of nitrogens with one attached hydrogen (secondary N) is 1. The summed E-state index contributed by atoms with van der Waals surface area (Å²) in [6.45, 7) is 0.659. The lowest BCUT2D eigenvalue weighted by atomic mass is 10.1. The molecule has 2 aromatic carbocycles. The van der Waals surface area contributed by atoms with Crippen molar-refractivity contribution in [2.45, 2.75) is 6.54 Å². The van der Waals surface area contributed by atoms with Crippen LogP contribution in [0.15, 0.2) is 48.5 Å². The number of benzene rings is 2. The topological polar surface area (TPSA) is 82.1 Å². The second-order valence-corrected chi connectivity index (χ2v) is 4.96. The van der Waals surface area contributed by atoms with E-state index in [0.29, 0.717) is 23.1 Å². The number of aliphatic hydroxyl groups is 1. The van der Waals surface area contributed by atoms with Crippen molar-refractivity contribution in [3.63, 3.8) is 0 Å². The fourth-order valence-electron chi connectivity index (χ4n) is 2.33. The van der Waals surface area contributed by atoms with Crippen molar-refractivity contribution in [1.82, 2.24) is 20.3 Å². The van der Waals surface area contributed by atoms with Crippen molar-refractivity contribution in [2.24, 2.45) is 0 Å². The van der Waals surface area contributed by atoms with Crippen LogP contribution in [-0.4, -0.2) is 44.5 Å². The average molecular weight is 296 g/mol. The quantitative estimate of drug-likeness (QED) is 0.749. The molecular formula is C16H16N4O2. The first-order chi connectivity index (χ1) is 10.8. The molecule has 3 rings (SSSR count). The molecule has 6 heteroatoms. The maximum atomic E-state index is 12.7. The number of hydrogen-bond acceptors (Lipinski definition) is 4. The van der Waals surface area contributed by atoms with Gasteiger partial charge < -0.3 is 10.0 Å². The summed E-state index contributed by atoms with van der Waals surface area (Å²) in [5, 5.41) is 19.7. The second-order valence-electron chi connectivity index (χ2n) is 4.96. The third-order valence-corrected chi connectivity index (χ3v) is 3.44.